The smallest absolute Gasteiger partial charge is 0.410 e. The molecule has 1 atom stereocenters. The second-order valence-corrected chi connectivity index (χ2v) is 9.22. The number of amides is 1. The Morgan fingerprint density at radius 2 is 2.00 bits per heavy atom. The molecule has 176 valence electrons. The van der Waals surface area contributed by atoms with Gasteiger partial charge >= 0.3 is 12.1 Å². The molecule has 0 radical (unpaired) electrons. The summed E-state index contributed by atoms with van der Waals surface area (Å²) in [6, 6.07) is 0.229. The van der Waals surface area contributed by atoms with Crippen LogP contribution in [0.5, 0.6) is 0 Å². The topological polar surface area (TPSA) is 117 Å². The summed E-state index contributed by atoms with van der Waals surface area (Å²) in [6.07, 6.45) is 3.60. The van der Waals surface area contributed by atoms with E-state index >= 15 is 0 Å². The van der Waals surface area contributed by atoms with E-state index in [0.717, 1.165) is 31.9 Å². The molecule has 0 aromatic carbocycles. The van der Waals surface area contributed by atoms with E-state index in [1.165, 1.54) is 6.33 Å². The Kier molecular flexibility index (Phi) is 7.17. The molecular formula is C21H33N7O4. The quantitative estimate of drug-likeness (QED) is 0.676. The molecule has 1 fully saturated rings. The first kappa shape index (κ1) is 23.7. The molecular weight excluding hydrogens is 414 g/mol. The van der Waals surface area contributed by atoms with Crippen LogP contribution in [0.3, 0.4) is 0 Å². The van der Waals surface area contributed by atoms with Crippen molar-refractivity contribution in [3.63, 3.8) is 0 Å². The predicted molar refractivity (Wildman–Crippen MR) is 120 cm³/mol. The third kappa shape index (κ3) is 5.84. The van der Waals surface area contributed by atoms with E-state index in [0.29, 0.717) is 24.3 Å². The van der Waals surface area contributed by atoms with E-state index < -0.39 is 11.6 Å². The lowest BCUT2D eigenvalue weighted by Crippen LogP contribution is -2.52. The number of carbonyl (C=O) groups is 2. The normalized spacial score (nSPS) is 17.5. The summed E-state index contributed by atoms with van der Waals surface area (Å²) in [4.78, 5) is 42.5. The van der Waals surface area contributed by atoms with E-state index in [1.807, 2.05) is 20.8 Å². The second kappa shape index (κ2) is 9.68. The fourth-order valence-electron chi connectivity index (χ4n) is 3.70. The van der Waals surface area contributed by atoms with Crippen LogP contribution in [0, 0.1) is 0 Å². The molecule has 32 heavy (non-hydrogen) atoms. The van der Waals surface area contributed by atoms with Crippen LogP contribution in [-0.4, -0.2) is 98.4 Å². The Morgan fingerprint density at radius 3 is 2.69 bits per heavy atom. The number of rotatable bonds is 7. The number of anilines is 1. The highest BCUT2D eigenvalue weighted by atomic mass is 16.6. The highest BCUT2D eigenvalue weighted by Crippen LogP contribution is 2.25. The zero-order valence-electron chi connectivity index (χ0n) is 19.5. The van der Waals surface area contributed by atoms with Gasteiger partial charge in [-0.15, -0.1) is 0 Å². The molecule has 2 aromatic heterocycles. The number of imidazole rings is 1. The zero-order chi connectivity index (χ0) is 23.5. The second-order valence-electron chi connectivity index (χ2n) is 9.22. The van der Waals surface area contributed by atoms with E-state index in [2.05, 4.69) is 31.8 Å². The number of nitrogens with zero attached hydrogens (tertiary/aromatic N) is 7. The van der Waals surface area contributed by atoms with Crippen LogP contribution >= 0.6 is 0 Å². The predicted octanol–water partition coefficient (Wildman–Crippen LogP) is 1.68. The number of hydrogen-bond acceptors (Lipinski definition) is 8. The number of aryl methyl sites for hydroxylation is 1. The minimum Gasteiger partial charge on any atom is -0.481 e. The molecule has 1 amide bonds. The molecule has 0 saturated carbocycles. The molecule has 1 saturated heterocycles. The first-order valence-corrected chi connectivity index (χ1v) is 10.8. The number of carboxylic acids is 1. The van der Waals surface area contributed by atoms with Crippen LogP contribution < -0.4 is 4.90 Å². The summed E-state index contributed by atoms with van der Waals surface area (Å²) < 4.78 is 7.19. The molecule has 11 nitrogen and oxygen atoms in total. The molecule has 1 N–H and O–H groups in total. The minimum atomic E-state index is -0.862. The number of carboxylic acid groups (broad SMARTS) is 1. The van der Waals surface area contributed by atoms with E-state index in [4.69, 9.17) is 9.84 Å². The highest BCUT2D eigenvalue weighted by molar-refractivity contribution is 5.83. The lowest BCUT2D eigenvalue weighted by atomic mass is 10.1. The monoisotopic (exact) mass is 447 g/mol. The third-order valence-electron chi connectivity index (χ3n) is 5.53. The first-order chi connectivity index (χ1) is 15.0. The van der Waals surface area contributed by atoms with E-state index in [-0.39, 0.29) is 18.6 Å². The number of piperazine rings is 1. The molecule has 1 aliphatic heterocycles. The molecule has 1 aliphatic rings. The number of ether oxygens (including phenoxy) is 1. The lowest BCUT2D eigenvalue weighted by molar-refractivity contribution is -0.137. The Labute approximate surface area is 188 Å². The average Bonchev–Trinajstić information content (AvgIpc) is 3.13. The van der Waals surface area contributed by atoms with Crippen molar-refractivity contribution in [1.29, 1.82) is 0 Å². The van der Waals surface area contributed by atoms with Gasteiger partial charge in [-0.25, -0.2) is 19.7 Å². The fourth-order valence-corrected chi connectivity index (χ4v) is 3.70. The fraction of sp³-hybridized carbons (Fsp3) is 0.667. The molecule has 0 aliphatic carbocycles. The van der Waals surface area contributed by atoms with Crippen molar-refractivity contribution in [2.24, 2.45) is 0 Å². The van der Waals surface area contributed by atoms with Crippen LogP contribution in [0.4, 0.5) is 10.6 Å². The van der Waals surface area contributed by atoms with Crippen molar-refractivity contribution in [1.82, 2.24) is 29.3 Å². The van der Waals surface area contributed by atoms with Gasteiger partial charge in [-0.3, -0.25) is 9.69 Å². The summed E-state index contributed by atoms with van der Waals surface area (Å²) in [6.45, 7) is 8.86. The molecule has 3 heterocycles. The molecule has 1 unspecified atom stereocenters. The summed E-state index contributed by atoms with van der Waals surface area (Å²) in [7, 11) is 3.85. The summed E-state index contributed by atoms with van der Waals surface area (Å²) in [5.41, 5.74) is 0.791. The molecule has 0 spiro atoms. The number of likely N-dealkylation sites (N-methyl/N-ethyl adjacent to an activating group) is 1. The van der Waals surface area contributed by atoms with Crippen molar-refractivity contribution >= 4 is 29.0 Å². The summed E-state index contributed by atoms with van der Waals surface area (Å²) in [5.74, 6) is -0.109. The molecule has 0 bridgehead atoms. The SMILES string of the molecule is CN(CCC1CN(c2ncnc3c2ncn3CCC(=O)O)CCN1C)C(=O)OC(C)(C)C. The third-order valence-corrected chi connectivity index (χ3v) is 5.53. The van der Waals surface area contributed by atoms with Gasteiger partial charge in [0, 0.05) is 45.8 Å². The van der Waals surface area contributed by atoms with Gasteiger partial charge in [0.15, 0.2) is 17.0 Å². The Hall–Kier alpha value is -2.95. The van der Waals surface area contributed by atoms with Gasteiger partial charge < -0.3 is 24.2 Å². The van der Waals surface area contributed by atoms with Crippen LogP contribution in [0.25, 0.3) is 11.2 Å². The van der Waals surface area contributed by atoms with Crippen molar-refractivity contribution < 1.29 is 19.4 Å². The van der Waals surface area contributed by atoms with Gasteiger partial charge in [0.05, 0.1) is 12.7 Å². The van der Waals surface area contributed by atoms with Gasteiger partial charge in [0.25, 0.3) is 0 Å². The van der Waals surface area contributed by atoms with Crippen LogP contribution in [0.15, 0.2) is 12.7 Å². The first-order valence-electron chi connectivity index (χ1n) is 10.8. The van der Waals surface area contributed by atoms with Crippen LogP contribution in [0.1, 0.15) is 33.6 Å². The van der Waals surface area contributed by atoms with Gasteiger partial charge in [-0.1, -0.05) is 0 Å². The van der Waals surface area contributed by atoms with Crippen molar-refractivity contribution in [2.75, 3.05) is 45.2 Å². The maximum Gasteiger partial charge on any atom is 0.410 e. The van der Waals surface area contributed by atoms with Gasteiger partial charge in [0.2, 0.25) is 0 Å². The number of fused-ring (bicyclic) bond motifs is 1. The maximum atomic E-state index is 12.3. The number of aromatic nitrogens is 4. The number of hydrogen-bond donors (Lipinski definition) is 1. The number of carbonyl (C=O) groups excluding carboxylic acids is 1. The Bertz CT molecular complexity index is 955. The standard InChI is InChI=1S/C21H33N7O4/c1-21(2,3)32-20(31)26(5)8-6-15-12-27(11-10-25(15)4)18-17-19(23-13-22-18)28(14-24-17)9-7-16(29)30/h13-15H,6-12H2,1-5H3,(H,29,30). The van der Waals surface area contributed by atoms with E-state index in [9.17, 15) is 9.59 Å². The van der Waals surface area contributed by atoms with Crippen LogP contribution in [0.2, 0.25) is 0 Å². The van der Waals surface area contributed by atoms with Crippen molar-refractivity contribution in [3.05, 3.63) is 12.7 Å². The Balaban J connectivity index is 1.68. The van der Waals surface area contributed by atoms with Crippen LogP contribution in [-0.2, 0) is 16.1 Å². The zero-order valence-corrected chi connectivity index (χ0v) is 19.5. The maximum absolute atomic E-state index is 12.3. The molecule has 2 aromatic rings. The summed E-state index contributed by atoms with van der Waals surface area (Å²) >= 11 is 0. The largest absolute Gasteiger partial charge is 0.481 e. The van der Waals surface area contributed by atoms with Crippen molar-refractivity contribution in [2.45, 2.75) is 51.8 Å². The van der Waals surface area contributed by atoms with E-state index in [1.54, 1.807) is 22.8 Å². The van der Waals surface area contributed by atoms with Gasteiger partial charge in [0.1, 0.15) is 11.9 Å². The molecule has 11 heteroatoms. The van der Waals surface area contributed by atoms with Gasteiger partial charge in [-0.2, -0.15) is 0 Å². The minimum absolute atomic E-state index is 0.00649. The average molecular weight is 448 g/mol. The van der Waals surface area contributed by atoms with Crippen molar-refractivity contribution in [3.8, 4) is 0 Å². The lowest BCUT2D eigenvalue weighted by Gasteiger charge is -2.40. The molecule has 3 rings (SSSR count). The Morgan fingerprint density at radius 1 is 1.25 bits per heavy atom. The summed E-state index contributed by atoms with van der Waals surface area (Å²) in [5, 5.41) is 8.96. The highest BCUT2D eigenvalue weighted by Gasteiger charge is 2.28. The van der Waals surface area contributed by atoms with Gasteiger partial charge in [-0.05, 0) is 34.2 Å². The number of aliphatic carboxylic acids is 1.